The van der Waals surface area contributed by atoms with Crippen LogP contribution in [0.25, 0.3) is 0 Å². The van der Waals surface area contributed by atoms with Gasteiger partial charge in [0.2, 0.25) is 11.8 Å². The van der Waals surface area contributed by atoms with Gasteiger partial charge in [0.1, 0.15) is 5.60 Å². The van der Waals surface area contributed by atoms with Crippen LogP contribution in [-0.2, 0) is 14.3 Å². The molecule has 7 nitrogen and oxygen atoms in total. The van der Waals surface area contributed by atoms with Crippen molar-refractivity contribution in [1.29, 1.82) is 0 Å². The molecule has 0 aliphatic carbocycles. The second kappa shape index (κ2) is 9.63. The van der Waals surface area contributed by atoms with Gasteiger partial charge < -0.3 is 20.3 Å². The summed E-state index contributed by atoms with van der Waals surface area (Å²) in [6.07, 6.45) is 1.78. The van der Waals surface area contributed by atoms with Crippen LogP contribution in [0.4, 0.5) is 4.79 Å². The van der Waals surface area contributed by atoms with Gasteiger partial charge in [-0.15, -0.1) is 0 Å². The molecule has 1 fully saturated rings. The minimum atomic E-state index is -0.598. The van der Waals surface area contributed by atoms with Gasteiger partial charge in [-0.05, 0) is 45.4 Å². The van der Waals surface area contributed by atoms with Crippen molar-refractivity contribution in [2.75, 3.05) is 26.2 Å². The summed E-state index contributed by atoms with van der Waals surface area (Å²) in [6, 6.07) is 0. The maximum Gasteiger partial charge on any atom is 0.408 e. The number of ether oxygens (including phenoxy) is 1. The molecule has 0 aromatic rings. The van der Waals surface area contributed by atoms with Crippen molar-refractivity contribution in [3.05, 3.63) is 0 Å². The third-order valence-corrected chi connectivity index (χ3v) is 3.93. The van der Waals surface area contributed by atoms with E-state index in [0.717, 1.165) is 25.9 Å². The average Bonchev–Trinajstić information content (AvgIpc) is 2.49. The fourth-order valence-electron chi connectivity index (χ4n) is 2.65. The number of nitrogens with zero attached hydrogens (tertiary/aromatic N) is 1. The molecule has 25 heavy (non-hydrogen) atoms. The topological polar surface area (TPSA) is 87.7 Å². The minimum Gasteiger partial charge on any atom is -0.444 e. The summed E-state index contributed by atoms with van der Waals surface area (Å²) < 4.78 is 5.08. The Hall–Kier alpha value is -1.79. The van der Waals surface area contributed by atoms with Crippen molar-refractivity contribution in [2.24, 2.45) is 11.8 Å². The number of piperidine rings is 1. The third kappa shape index (κ3) is 9.31. The van der Waals surface area contributed by atoms with Crippen LogP contribution in [-0.4, -0.2) is 54.6 Å². The molecule has 1 aliphatic rings. The number of nitrogens with one attached hydrogen (secondary N) is 2. The average molecular weight is 355 g/mol. The number of alkyl carbamates (subject to hydrolysis) is 1. The van der Waals surface area contributed by atoms with Crippen molar-refractivity contribution < 1.29 is 19.1 Å². The molecule has 0 aromatic heterocycles. The van der Waals surface area contributed by atoms with E-state index in [1.807, 2.05) is 18.7 Å². The first-order valence-corrected chi connectivity index (χ1v) is 9.08. The Balaban J connectivity index is 2.19. The highest BCUT2D eigenvalue weighted by Crippen LogP contribution is 2.18. The molecule has 0 aromatic carbocycles. The van der Waals surface area contributed by atoms with Gasteiger partial charge in [-0.1, -0.05) is 13.8 Å². The summed E-state index contributed by atoms with van der Waals surface area (Å²) in [7, 11) is 0. The Kier molecular flexibility index (Phi) is 8.19. The molecule has 1 aliphatic heterocycles. The minimum absolute atomic E-state index is 0.0966. The number of amides is 3. The summed E-state index contributed by atoms with van der Waals surface area (Å²) in [5, 5.41) is 5.27. The maximum atomic E-state index is 12.0. The molecule has 0 unspecified atom stereocenters. The molecule has 0 atom stereocenters. The van der Waals surface area contributed by atoms with Crippen molar-refractivity contribution in [2.45, 2.75) is 59.5 Å². The highest BCUT2D eigenvalue weighted by molar-refractivity contribution is 5.82. The second-order valence-corrected chi connectivity index (χ2v) is 8.08. The lowest BCUT2D eigenvalue weighted by atomic mass is 9.96. The van der Waals surface area contributed by atoms with Crippen molar-refractivity contribution >= 4 is 17.9 Å². The molecule has 3 amide bonds. The predicted molar refractivity (Wildman–Crippen MR) is 96.0 cm³/mol. The fraction of sp³-hybridized carbons (Fsp3) is 0.833. The van der Waals surface area contributed by atoms with Gasteiger partial charge in [-0.3, -0.25) is 9.59 Å². The number of carbonyl (C=O) groups excluding carboxylic acids is 3. The summed E-state index contributed by atoms with van der Waals surface area (Å²) >= 11 is 0. The van der Waals surface area contributed by atoms with Gasteiger partial charge in [-0.2, -0.15) is 0 Å². The van der Waals surface area contributed by atoms with E-state index in [9.17, 15) is 14.4 Å². The standard InChI is InChI=1S/C18H33N3O4/c1-13(2)10-16(23)21-8-6-14(7-9-21)11-19-15(22)12-20-17(24)25-18(3,4)5/h13-14H,6-12H2,1-5H3,(H,19,22)(H,20,24). The van der Waals surface area contributed by atoms with Crippen LogP contribution in [0.15, 0.2) is 0 Å². The smallest absolute Gasteiger partial charge is 0.408 e. The lowest BCUT2D eigenvalue weighted by Gasteiger charge is -2.32. The van der Waals surface area contributed by atoms with Crippen molar-refractivity contribution in [1.82, 2.24) is 15.5 Å². The summed E-state index contributed by atoms with van der Waals surface area (Å²) in [5.41, 5.74) is -0.582. The van der Waals surface area contributed by atoms with E-state index in [1.165, 1.54) is 0 Å². The molecule has 1 saturated heterocycles. The molecule has 0 spiro atoms. The molecular weight excluding hydrogens is 322 g/mol. The monoisotopic (exact) mass is 355 g/mol. The molecule has 1 heterocycles. The van der Waals surface area contributed by atoms with Crippen LogP contribution in [0.5, 0.6) is 0 Å². The zero-order valence-electron chi connectivity index (χ0n) is 16.2. The quantitative estimate of drug-likeness (QED) is 0.762. The molecule has 144 valence electrons. The normalized spacial score (nSPS) is 15.8. The first kappa shape index (κ1) is 21.3. The Labute approximate surface area is 150 Å². The van der Waals surface area contributed by atoms with Gasteiger partial charge in [-0.25, -0.2) is 4.79 Å². The highest BCUT2D eigenvalue weighted by atomic mass is 16.6. The zero-order chi connectivity index (χ0) is 19.0. The van der Waals surface area contributed by atoms with Crippen LogP contribution in [0.1, 0.15) is 53.9 Å². The van der Waals surface area contributed by atoms with Crippen LogP contribution in [0.2, 0.25) is 0 Å². The summed E-state index contributed by atoms with van der Waals surface area (Å²) in [5.74, 6) is 0.735. The molecule has 0 saturated carbocycles. The number of likely N-dealkylation sites (tertiary alicyclic amines) is 1. The Bertz CT molecular complexity index is 463. The van der Waals surface area contributed by atoms with E-state index in [2.05, 4.69) is 10.6 Å². The van der Waals surface area contributed by atoms with E-state index >= 15 is 0 Å². The first-order valence-electron chi connectivity index (χ1n) is 9.08. The van der Waals surface area contributed by atoms with Crippen LogP contribution in [0, 0.1) is 11.8 Å². The van der Waals surface area contributed by atoms with E-state index in [1.54, 1.807) is 20.8 Å². The van der Waals surface area contributed by atoms with E-state index in [0.29, 0.717) is 24.8 Å². The molecule has 2 N–H and O–H groups in total. The van der Waals surface area contributed by atoms with E-state index < -0.39 is 11.7 Å². The maximum absolute atomic E-state index is 12.0. The largest absolute Gasteiger partial charge is 0.444 e. The van der Waals surface area contributed by atoms with E-state index in [-0.39, 0.29) is 18.4 Å². The first-order chi connectivity index (χ1) is 11.6. The van der Waals surface area contributed by atoms with Crippen LogP contribution >= 0.6 is 0 Å². The highest BCUT2D eigenvalue weighted by Gasteiger charge is 2.23. The summed E-state index contributed by atoms with van der Waals surface area (Å²) in [6.45, 7) is 11.4. The number of rotatable bonds is 6. The van der Waals surface area contributed by atoms with Crippen LogP contribution < -0.4 is 10.6 Å². The molecular formula is C18H33N3O4. The Morgan fingerprint density at radius 1 is 1.12 bits per heavy atom. The van der Waals surface area contributed by atoms with Gasteiger partial charge in [0, 0.05) is 26.1 Å². The molecule has 0 bridgehead atoms. The van der Waals surface area contributed by atoms with Crippen molar-refractivity contribution in [3.63, 3.8) is 0 Å². The van der Waals surface area contributed by atoms with Gasteiger partial charge >= 0.3 is 6.09 Å². The van der Waals surface area contributed by atoms with Gasteiger partial charge in [0.15, 0.2) is 0 Å². The summed E-state index contributed by atoms with van der Waals surface area (Å²) in [4.78, 5) is 37.3. The SMILES string of the molecule is CC(C)CC(=O)N1CCC(CNC(=O)CNC(=O)OC(C)(C)C)CC1. The second-order valence-electron chi connectivity index (χ2n) is 8.08. The van der Waals surface area contributed by atoms with Crippen LogP contribution in [0.3, 0.4) is 0 Å². The number of hydrogen-bond donors (Lipinski definition) is 2. The Morgan fingerprint density at radius 3 is 2.24 bits per heavy atom. The Morgan fingerprint density at radius 2 is 1.72 bits per heavy atom. The fourth-order valence-corrected chi connectivity index (χ4v) is 2.65. The lowest BCUT2D eigenvalue weighted by molar-refractivity contribution is -0.133. The number of carbonyl (C=O) groups is 3. The molecule has 0 radical (unpaired) electrons. The third-order valence-electron chi connectivity index (χ3n) is 3.93. The lowest BCUT2D eigenvalue weighted by Crippen LogP contribution is -2.44. The molecule has 1 rings (SSSR count). The van der Waals surface area contributed by atoms with E-state index in [4.69, 9.17) is 4.74 Å². The zero-order valence-corrected chi connectivity index (χ0v) is 16.2. The van der Waals surface area contributed by atoms with Gasteiger partial charge in [0.05, 0.1) is 6.54 Å². The predicted octanol–water partition coefficient (Wildman–Crippen LogP) is 1.91. The molecule has 7 heteroatoms. The van der Waals surface area contributed by atoms with Crippen molar-refractivity contribution in [3.8, 4) is 0 Å². The van der Waals surface area contributed by atoms with Gasteiger partial charge in [0.25, 0.3) is 0 Å². The number of hydrogen-bond acceptors (Lipinski definition) is 4.